The fourth-order valence-electron chi connectivity index (χ4n) is 3.72. The Kier molecular flexibility index (Phi) is 5.97. The van der Waals surface area contributed by atoms with E-state index in [0.29, 0.717) is 23.6 Å². The van der Waals surface area contributed by atoms with Gasteiger partial charge < -0.3 is 24.4 Å². The predicted octanol–water partition coefficient (Wildman–Crippen LogP) is 3.11. The van der Waals surface area contributed by atoms with Crippen LogP contribution >= 0.6 is 0 Å². The van der Waals surface area contributed by atoms with E-state index < -0.39 is 0 Å². The number of amides is 1. The van der Waals surface area contributed by atoms with Crippen LogP contribution in [0.15, 0.2) is 48.5 Å². The van der Waals surface area contributed by atoms with Crippen LogP contribution in [-0.4, -0.2) is 56.6 Å². The van der Waals surface area contributed by atoms with E-state index in [1.165, 1.54) is 0 Å². The van der Waals surface area contributed by atoms with Crippen molar-refractivity contribution in [1.29, 1.82) is 0 Å². The van der Waals surface area contributed by atoms with Gasteiger partial charge in [-0.3, -0.25) is 9.89 Å². The van der Waals surface area contributed by atoms with Crippen LogP contribution in [0.1, 0.15) is 16.8 Å². The van der Waals surface area contributed by atoms with E-state index >= 15 is 0 Å². The third-order valence-electron chi connectivity index (χ3n) is 5.46. The lowest BCUT2D eigenvalue weighted by Crippen LogP contribution is -2.37. The Bertz CT molecular complexity index is 1050. The molecule has 1 aliphatic rings. The third kappa shape index (κ3) is 4.42. The molecule has 0 spiro atoms. The maximum Gasteiger partial charge on any atom is 0.251 e. The standard InChI is InChI=1S/C23H26N4O4/c1-29-18-7-4-15(5-8-18)19-13-22(26-25-19)27-11-10-17(14-27)24-23(28)16-6-9-20(30-2)21(12-16)31-3/h4-9,12-13,17H,10-11,14H2,1-3H3,(H,24,28)(H,25,26). The number of rotatable bonds is 7. The van der Waals surface area contributed by atoms with Gasteiger partial charge in [0.1, 0.15) is 5.75 Å². The molecule has 3 aromatic rings. The van der Waals surface area contributed by atoms with Gasteiger partial charge in [-0.25, -0.2) is 0 Å². The van der Waals surface area contributed by atoms with E-state index in [9.17, 15) is 4.79 Å². The molecule has 2 heterocycles. The van der Waals surface area contributed by atoms with Gasteiger partial charge in [0, 0.05) is 30.8 Å². The largest absolute Gasteiger partial charge is 0.497 e. The maximum absolute atomic E-state index is 12.7. The molecule has 0 aliphatic carbocycles. The lowest BCUT2D eigenvalue weighted by molar-refractivity contribution is 0.0940. The van der Waals surface area contributed by atoms with E-state index in [4.69, 9.17) is 14.2 Å². The molecule has 0 saturated carbocycles. The SMILES string of the molecule is COc1ccc(-c2cc(N3CCC(NC(=O)c4ccc(OC)c(OC)c4)C3)n[nH]2)cc1. The van der Waals surface area contributed by atoms with Crippen molar-refractivity contribution in [3.63, 3.8) is 0 Å². The highest BCUT2D eigenvalue weighted by atomic mass is 16.5. The molecule has 1 amide bonds. The Balaban J connectivity index is 1.38. The van der Waals surface area contributed by atoms with Crippen LogP contribution in [0.25, 0.3) is 11.3 Å². The number of H-pyrrole nitrogens is 1. The summed E-state index contributed by atoms with van der Waals surface area (Å²) in [4.78, 5) is 14.9. The van der Waals surface area contributed by atoms with Crippen molar-refractivity contribution in [3.05, 3.63) is 54.1 Å². The van der Waals surface area contributed by atoms with Gasteiger partial charge in [0.15, 0.2) is 17.3 Å². The number of ether oxygens (including phenoxy) is 3. The van der Waals surface area contributed by atoms with Crippen LogP contribution in [0.2, 0.25) is 0 Å². The van der Waals surface area contributed by atoms with Gasteiger partial charge in [0.05, 0.1) is 27.0 Å². The molecule has 0 bridgehead atoms. The van der Waals surface area contributed by atoms with Crippen molar-refractivity contribution in [3.8, 4) is 28.5 Å². The smallest absolute Gasteiger partial charge is 0.251 e. The molecule has 162 valence electrons. The molecule has 8 heteroatoms. The average molecular weight is 422 g/mol. The summed E-state index contributed by atoms with van der Waals surface area (Å²) in [5.41, 5.74) is 2.52. The number of hydrogen-bond acceptors (Lipinski definition) is 6. The fourth-order valence-corrected chi connectivity index (χ4v) is 3.72. The first-order valence-corrected chi connectivity index (χ1v) is 10.1. The molecule has 31 heavy (non-hydrogen) atoms. The number of methoxy groups -OCH3 is 3. The molecule has 1 unspecified atom stereocenters. The van der Waals surface area contributed by atoms with Crippen molar-refractivity contribution in [2.24, 2.45) is 0 Å². The van der Waals surface area contributed by atoms with Crippen LogP contribution in [0.5, 0.6) is 17.2 Å². The number of aromatic amines is 1. The number of nitrogens with one attached hydrogen (secondary N) is 2. The normalized spacial score (nSPS) is 15.6. The Labute approximate surface area is 181 Å². The minimum absolute atomic E-state index is 0.0433. The second-order valence-electron chi connectivity index (χ2n) is 7.34. The molecule has 1 atom stereocenters. The summed E-state index contributed by atoms with van der Waals surface area (Å²) >= 11 is 0. The van der Waals surface area contributed by atoms with Gasteiger partial charge in [0.2, 0.25) is 0 Å². The van der Waals surface area contributed by atoms with E-state index in [1.54, 1.807) is 39.5 Å². The second kappa shape index (κ2) is 8.99. The number of nitrogens with zero attached hydrogens (tertiary/aromatic N) is 2. The molecule has 0 radical (unpaired) electrons. The zero-order valence-corrected chi connectivity index (χ0v) is 17.8. The van der Waals surface area contributed by atoms with Gasteiger partial charge >= 0.3 is 0 Å². The molecule has 1 fully saturated rings. The third-order valence-corrected chi connectivity index (χ3v) is 5.46. The number of anilines is 1. The number of carbonyl (C=O) groups excluding carboxylic acids is 1. The first-order valence-electron chi connectivity index (χ1n) is 10.1. The monoisotopic (exact) mass is 422 g/mol. The quantitative estimate of drug-likeness (QED) is 0.608. The summed E-state index contributed by atoms with van der Waals surface area (Å²) in [6.07, 6.45) is 0.851. The molecule has 1 saturated heterocycles. The van der Waals surface area contributed by atoms with E-state index in [1.807, 2.05) is 30.3 Å². The van der Waals surface area contributed by atoms with Gasteiger partial charge in [0.25, 0.3) is 5.91 Å². The van der Waals surface area contributed by atoms with E-state index in [0.717, 1.165) is 35.8 Å². The van der Waals surface area contributed by atoms with Crippen LogP contribution in [0.3, 0.4) is 0 Å². The first kappa shape index (κ1) is 20.6. The van der Waals surface area contributed by atoms with Gasteiger partial charge in [-0.1, -0.05) is 0 Å². The second-order valence-corrected chi connectivity index (χ2v) is 7.34. The maximum atomic E-state index is 12.7. The Morgan fingerprint density at radius 3 is 2.52 bits per heavy atom. The van der Waals surface area contributed by atoms with Crippen LogP contribution in [0, 0.1) is 0 Å². The van der Waals surface area contributed by atoms with Gasteiger partial charge in [-0.2, -0.15) is 5.10 Å². The molecule has 2 N–H and O–H groups in total. The molecule has 1 aliphatic heterocycles. The number of benzene rings is 2. The predicted molar refractivity (Wildman–Crippen MR) is 118 cm³/mol. The summed E-state index contributed by atoms with van der Waals surface area (Å²) in [5, 5.41) is 10.7. The topological polar surface area (TPSA) is 88.7 Å². The molecular weight excluding hydrogens is 396 g/mol. The minimum Gasteiger partial charge on any atom is -0.497 e. The van der Waals surface area contributed by atoms with Crippen molar-refractivity contribution in [2.75, 3.05) is 39.3 Å². The lowest BCUT2D eigenvalue weighted by Gasteiger charge is -2.16. The minimum atomic E-state index is -0.131. The number of carbonyl (C=O) groups is 1. The summed E-state index contributed by atoms with van der Waals surface area (Å²) in [5.74, 6) is 2.68. The Morgan fingerprint density at radius 1 is 1.03 bits per heavy atom. The van der Waals surface area contributed by atoms with E-state index in [-0.39, 0.29) is 11.9 Å². The zero-order chi connectivity index (χ0) is 21.8. The van der Waals surface area contributed by atoms with Gasteiger partial charge in [-0.15, -0.1) is 0 Å². The molecular formula is C23H26N4O4. The summed E-state index contributed by atoms with van der Waals surface area (Å²) < 4.78 is 15.7. The average Bonchev–Trinajstić information content (AvgIpc) is 3.48. The summed E-state index contributed by atoms with van der Waals surface area (Å²) in [6, 6.07) is 15.1. The Hall–Kier alpha value is -3.68. The highest BCUT2D eigenvalue weighted by Crippen LogP contribution is 2.28. The number of hydrogen-bond donors (Lipinski definition) is 2. The van der Waals surface area contributed by atoms with Crippen molar-refractivity contribution in [1.82, 2.24) is 15.5 Å². The Morgan fingerprint density at radius 2 is 1.81 bits per heavy atom. The first-order chi connectivity index (χ1) is 15.1. The highest BCUT2D eigenvalue weighted by Gasteiger charge is 2.26. The molecule has 8 nitrogen and oxygen atoms in total. The zero-order valence-electron chi connectivity index (χ0n) is 17.8. The fraction of sp³-hybridized carbons (Fsp3) is 0.304. The van der Waals surface area contributed by atoms with Crippen molar-refractivity contribution in [2.45, 2.75) is 12.5 Å². The molecule has 1 aromatic heterocycles. The van der Waals surface area contributed by atoms with Crippen LogP contribution in [0.4, 0.5) is 5.82 Å². The van der Waals surface area contributed by atoms with E-state index in [2.05, 4.69) is 20.4 Å². The van der Waals surface area contributed by atoms with Crippen molar-refractivity contribution >= 4 is 11.7 Å². The molecule has 4 rings (SSSR count). The lowest BCUT2D eigenvalue weighted by atomic mass is 10.1. The number of aromatic nitrogens is 2. The van der Waals surface area contributed by atoms with Crippen molar-refractivity contribution < 1.29 is 19.0 Å². The van der Waals surface area contributed by atoms with Crippen LogP contribution < -0.4 is 24.4 Å². The van der Waals surface area contributed by atoms with Crippen LogP contribution in [-0.2, 0) is 0 Å². The molecule has 2 aromatic carbocycles. The summed E-state index contributed by atoms with van der Waals surface area (Å²) in [7, 11) is 4.77. The van der Waals surface area contributed by atoms with Gasteiger partial charge in [-0.05, 0) is 54.4 Å². The summed E-state index contributed by atoms with van der Waals surface area (Å²) in [6.45, 7) is 1.52. The highest BCUT2D eigenvalue weighted by molar-refractivity contribution is 5.95.